The van der Waals surface area contributed by atoms with Crippen molar-refractivity contribution in [2.45, 2.75) is 0 Å². The van der Waals surface area contributed by atoms with Gasteiger partial charge in [-0.05, 0) is 75.5 Å². The summed E-state index contributed by atoms with van der Waals surface area (Å²) in [6.07, 6.45) is 0. The highest BCUT2D eigenvalue weighted by Gasteiger charge is 2.09. The van der Waals surface area contributed by atoms with Crippen LogP contribution in [0.25, 0.3) is 0 Å². The van der Waals surface area contributed by atoms with Crippen LogP contribution in [0.2, 0.25) is 0 Å². The van der Waals surface area contributed by atoms with E-state index in [-0.39, 0.29) is 5.91 Å². The zero-order valence-corrected chi connectivity index (χ0v) is 13.1. The molecule has 0 spiro atoms. The number of carbonyl (C=O) groups excluding carboxylic acids is 1. The summed E-state index contributed by atoms with van der Waals surface area (Å²) >= 11 is 4.38. The smallest absolute Gasteiger partial charge is 0.256 e. The third kappa shape index (κ3) is 3.41. The van der Waals surface area contributed by atoms with Crippen LogP contribution in [0.4, 0.5) is 5.69 Å². The molecule has 2 aromatic rings. The van der Waals surface area contributed by atoms with Gasteiger partial charge in [0.05, 0.1) is 5.56 Å². The lowest BCUT2D eigenvalue weighted by atomic mass is 10.2. The Kier molecular flexibility index (Phi) is 4.38. The molecule has 86 valence electrons. The fraction of sp³-hybridized carbons (Fsp3) is 0. The zero-order valence-electron chi connectivity index (χ0n) is 8.78. The Morgan fingerprint density at radius 3 is 2.47 bits per heavy atom. The highest BCUT2D eigenvalue weighted by molar-refractivity contribution is 14.1. The Morgan fingerprint density at radius 2 is 1.76 bits per heavy atom. The van der Waals surface area contributed by atoms with Crippen LogP contribution in [0, 0.1) is 7.14 Å². The monoisotopic (exact) mass is 449 g/mol. The molecule has 17 heavy (non-hydrogen) atoms. The van der Waals surface area contributed by atoms with Crippen molar-refractivity contribution in [3.05, 3.63) is 61.2 Å². The van der Waals surface area contributed by atoms with Crippen molar-refractivity contribution in [1.29, 1.82) is 0 Å². The van der Waals surface area contributed by atoms with E-state index in [0.29, 0.717) is 5.56 Å². The molecule has 2 rings (SSSR count). The van der Waals surface area contributed by atoms with Gasteiger partial charge in [0.1, 0.15) is 0 Å². The Hall–Kier alpha value is -0.630. The number of amides is 1. The van der Waals surface area contributed by atoms with E-state index in [1.54, 1.807) is 0 Å². The molecule has 0 aliphatic heterocycles. The van der Waals surface area contributed by atoms with Crippen LogP contribution in [0.1, 0.15) is 10.4 Å². The summed E-state index contributed by atoms with van der Waals surface area (Å²) in [7, 11) is 0. The molecule has 1 N–H and O–H groups in total. The van der Waals surface area contributed by atoms with Crippen LogP contribution in [0.5, 0.6) is 0 Å². The molecule has 0 unspecified atom stereocenters. The summed E-state index contributed by atoms with van der Waals surface area (Å²) in [5.74, 6) is -0.0722. The number of nitrogens with one attached hydrogen (secondary N) is 1. The van der Waals surface area contributed by atoms with Crippen LogP contribution in [-0.4, -0.2) is 5.91 Å². The van der Waals surface area contributed by atoms with E-state index >= 15 is 0 Å². The summed E-state index contributed by atoms with van der Waals surface area (Å²) in [5, 5.41) is 2.89. The predicted octanol–water partition coefficient (Wildman–Crippen LogP) is 4.15. The number of hydrogen-bond acceptors (Lipinski definition) is 1. The summed E-state index contributed by atoms with van der Waals surface area (Å²) in [6.45, 7) is 0. The number of halogens is 2. The Labute approximate surface area is 127 Å². The van der Waals surface area contributed by atoms with E-state index in [1.165, 1.54) is 0 Å². The van der Waals surface area contributed by atoms with Crippen molar-refractivity contribution in [2.75, 3.05) is 5.32 Å². The summed E-state index contributed by atoms with van der Waals surface area (Å²) in [5.41, 5.74) is 1.52. The van der Waals surface area contributed by atoms with Gasteiger partial charge in [-0.15, -0.1) is 0 Å². The van der Waals surface area contributed by atoms with Crippen molar-refractivity contribution in [1.82, 2.24) is 0 Å². The molecule has 2 nitrogen and oxygen atoms in total. The van der Waals surface area contributed by atoms with Gasteiger partial charge in [0, 0.05) is 12.8 Å². The van der Waals surface area contributed by atoms with Crippen LogP contribution in [0.3, 0.4) is 0 Å². The van der Waals surface area contributed by atoms with Gasteiger partial charge < -0.3 is 5.32 Å². The second-order valence-electron chi connectivity index (χ2n) is 3.44. The Morgan fingerprint density at radius 1 is 1.00 bits per heavy atom. The maximum Gasteiger partial charge on any atom is 0.256 e. The van der Waals surface area contributed by atoms with Gasteiger partial charge in [-0.2, -0.15) is 0 Å². The molecule has 0 aromatic heterocycles. The van der Waals surface area contributed by atoms with E-state index in [4.69, 9.17) is 0 Å². The maximum absolute atomic E-state index is 12.0. The SMILES string of the molecule is O=C(Nc1cccc(I)c1)c1ccccc1I. The topological polar surface area (TPSA) is 29.1 Å². The molecule has 1 amide bonds. The number of carbonyl (C=O) groups is 1. The van der Waals surface area contributed by atoms with E-state index in [9.17, 15) is 4.79 Å². The number of benzene rings is 2. The first-order valence-electron chi connectivity index (χ1n) is 4.98. The molecule has 2 aromatic carbocycles. The average molecular weight is 449 g/mol. The maximum atomic E-state index is 12.0. The van der Waals surface area contributed by atoms with Crippen molar-refractivity contribution in [3.8, 4) is 0 Å². The van der Waals surface area contributed by atoms with Gasteiger partial charge in [0.2, 0.25) is 0 Å². The van der Waals surface area contributed by atoms with E-state index < -0.39 is 0 Å². The zero-order chi connectivity index (χ0) is 12.3. The van der Waals surface area contributed by atoms with Crippen molar-refractivity contribution in [2.24, 2.45) is 0 Å². The second kappa shape index (κ2) is 5.81. The number of rotatable bonds is 2. The summed E-state index contributed by atoms with van der Waals surface area (Å²) in [6, 6.07) is 15.3. The molecule has 0 saturated carbocycles. The highest BCUT2D eigenvalue weighted by atomic mass is 127. The molecule has 0 saturated heterocycles. The molecule has 0 heterocycles. The molecular formula is C13H9I2NO. The van der Waals surface area contributed by atoms with Crippen molar-refractivity contribution in [3.63, 3.8) is 0 Å². The number of anilines is 1. The van der Waals surface area contributed by atoms with Gasteiger partial charge >= 0.3 is 0 Å². The van der Waals surface area contributed by atoms with E-state index in [1.807, 2.05) is 48.5 Å². The molecule has 0 atom stereocenters. The molecular weight excluding hydrogens is 440 g/mol. The van der Waals surface area contributed by atoms with Crippen LogP contribution < -0.4 is 5.32 Å². The fourth-order valence-corrected chi connectivity index (χ4v) is 2.59. The first kappa shape index (κ1) is 12.8. The average Bonchev–Trinajstić information content (AvgIpc) is 2.29. The lowest BCUT2D eigenvalue weighted by Gasteiger charge is -2.06. The number of hydrogen-bond donors (Lipinski definition) is 1. The van der Waals surface area contributed by atoms with E-state index in [0.717, 1.165) is 12.8 Å². The quantitative estimate of drug-likeness (QED) is 0.687. The predicted molar refractivity (Wildman–Crippen MR) is 86.3 cm³/mol. The standard InChI is InChI=1S/C13H9I2NO/c14-9-4-3-5-10(8-9)16-13(17)11-6-1-2-7-12(11)15/h1-8H,(H,16,17). The van der Waals surface area contributed by atoms with Crippen molar-refractivity contribution < 1.29 is 4.79 Å². The lowest BCUT2D eigenvalue weighted by Crippen LogP contribution is -2.13. The third-order valence-electron chi connectivity index (χ3n) is 2.20. The first-order valence-corrected chi connectivity index (χ1v) is 7.14. The lowest BCUT2D eigenvalue weighted by molar-refractivity contribution is 0.102. The molecule has 0 bridgehead atoms. The molecule has 4 heteroatoms. The largest absolute Gasteiger partial charge is 0.322 e. The van der Waals surface area contributed by atoms with Crippen LogP contribution in [0.15, 0.2) is 48.5 Å². The molecule has 0 aliphatic rings. The minimum atomic E-state index is -0.0722. The summed E-state index contributed by atoms with van der Waals surface area (Å²) in [4.78, 5) is 12.0. The third-order valence-corrected chi connectivity index (χ3v) is 3.81. The van der Waals surface area contributed by atoms with Crippen LogP contribution >= 0.6 is 45.2 Å². The van der Waals surface area contributed by atoms with Crippen LogP contribution in [-0.2, 0) is 0 Å². The first-order chi connectivity index (χ1) is 8.16. The van der Waals surface area contributed by atoms with Gasteiger partial charge in [0.15, 0.2) is 0 Å². The van der Waals surface area contributed by atoms with Crippen molar-refractivity contribution >= 4 is 56.8 Å². The minimum Gasteiger partial charge on any atom is -0.322 e. The van der Waals surface area contributed by atoms with Gasteiger partial charge in [-0.1, -0.05) is 18.2 Å². The van der Waals surface area contributed by atoms with E-state index in [2.05, 4.69) is 50.5 Å². The van der Waals surface area contributed by atoms with Gasteiger partial charge in [-0.3, -0.25) is 4.79 Å². The molecule has 0 fully saturated rings. The Balaban J connectivity index is 2.20. The molecule has 0 aliphatic carbocycles. The normalized spacial score (nSPS) is 10.0. The minimum absolute atomic E-state index is 0.0722. The second-order valence-corrected chi connectivity index (χ2v) is 5.85. The fourth-order valence-electron chi connectivity index (χ4n) is 1.41. The van der Waals surface area contributed by atoms with Gasteiger partial charge in [-0.25, -0.2) is 0 Å². The Bertz CT molecular complexity index is 555. The summed E-state index contributed by atoms with van der Waals surface area (Å²) < 4.78 is 2.05. The molecule has 0 radical (unpaired) electrons. The highest BCUT2D eigenvalue weighted by Crippen LogP contribution is 2.16. The van der Waals surface area contributed by atoms with Gasteiger partial charge in [0.25, 0.3) is 5.91 Å².